The maximum absolute atomic E-state index is 6.37. The number of hydrogen-bond acceptors (Lipinski definition) is 3. The topological polar surface area (TPSA) is 38.9 Å². The Labute approximate surface area is 206 Å². The molecule has 6 rings (SSSR count). The second-order valence-corrected chi connectivity index (χ2v) is 16.6. The molecule has 0 aliphatic carbocycles. The van der Waals surface area contributed by atoms with E-state index in [0.717, 1.165) is 33.1 Å². The Hall–Kier alpha value is -3.50. The van der Waals surface area contributed by atoms with Crippen LogP contribution < -0.4 is 5.19 Å². The second kappa shape index (κ2) is 7.50. The molecule has 0 saturated carbocycles. The first-order valence-corrected chi connectivity index (χ1v) is 15.8. The third-order valence-electron chi connectivity index (χ3n) is 7.00. The third-order valence-corrected chi connectivity index (χ3v) is 9.01. The summed E-state index contributed by atoms with van der Waals surface area (Å²) in [4.78, 5) is 9.76. The van der Waals surface area contributed by atoms with Crippen LogP contribution in [0.15, 0.2) is 77.3 Å². The number of fused-ring (bicyclic) bond motifs is 6. The van der Waals surface area contributed by atoms with Gasteiger partial charge in [-0.15, -0.1) is 0 Å². The monoisotopic (exact) mass is 474 g/mol. The predicted octanol–water partition coefficient (Wildman–Crippen LogP) is 8.19. The fraction of sp³-hybridized carbons (Fsp3) is 0.226. The molecule has 3 aromatic heterocycles. The Morgan fingerprint density at radius 3 is 2.34 bits per heavy atom. The van der Waals surface area contributed by atoms with Crippen LogP contribution in [0.1, 0.15) is 26.3 Å². The molecule has 0 unspecified atom stereocenters. The van der Waals surface area contributed by atoms with E-state index in [0.29, 0.717) is 5.71 Å². The number of pyridine rings is 2. The number of rotatable bonds is 2. The number of furan rings is 1. The number of benzene rings is 3. The van der Waals surface area contributed by atoms with Crippen LogP contribution in [-0.4, -0.2) is 18.0 Å². The van der Waals surface area contributed by atoms with Crippen LogP contribution in [-0.2, 0) is 5.41 Å². The molecule has 0 radical (unpaired) electrons. The SMILES string of the molecule is CC(C)(C)c1cc(-c2cc([Si](C)(C)C)c3c(ccc4ccccc43)n2)c2oc3ncccc3c2c1. The van der Waals surface area contributed by atoms with E-state index in [2.05, 4.69) is 106 Å². The molecule has 0 aliphatic rings. The van der Waals surface area contributed by atoms with Crippen molar-refractivity contribution >= 4 is 57.0 Å². The molecule has 0 bridgehead atoms. The zero-order chi connectivity index (χ0) is 24.5. The molecule has 3 heterocycles. The molecule has 0 amide bonds. The van der Waals surface area contributed by atoms with Crippen molar-refractivity contribution in [3.05, 3.63) is 78.5 Å². The first-order valence-electron chi connectivity index (χ1n) is 12.3. The summed E-state index contributed by atoms with van der Waals surface area (Å²) in [5.74, 6) is 0. The van der Waals surface area contributed by atoms with Gasteiger partial charge in [-0.1, -0.05) is 70.7 Å². The van der Waals surface area contributed by atoms with E-state index in [9.17, 15) is 0 Å². The van der Waals surface area contributed by atoms with E-state index < -0.39 is 8.07 Å². The first-order chi connectivity index (χ1) is 16.6. The van der Waals surface area contributed by atoms with E-state index in [1.807, 2.05) is 6.07 Å². The van der Waals surface area contributed by atoms with Gasteiger partial charge in [0, 0.05) is 27.9 Å². The van der Waals surface area contributed by atoms with E-state index in [1.54, 1.807) is 6.20 Å². The largest absolute Gasteiger partial charge is 0.437 e. The standard InChI is InChI=1S/C31H30N2OSi/c1-31(2,3)20-16-23-22-12-9-15-32-30(22)34-29(23)24(17-20)26-18-27(35(4,5)6)28-21-11-8-7-10-19(21)13-14-25(28)33-26/h7-18H,1-6H3. The van der Waals surface area contributed by atoms with Gasteiger partial charge in [-0.05, 0) is 63.3 Å². The van der Waals surface area contributed by atoms with Gasteiger partial charge in [-0.2, -0.15) is 0 Å². The molecule has 0 aliphatic heterocycles. The summed E-state index contributed by atoms with van der Waals surface area (Å²) in [5, 5.41) is 7.41. The second-order valence-electron chi connectivity index (χ2n) is 11.6. The molecule has 0 atom stereocenters. The van der Waals surface area contributed by atoms with Crippen LogP contribution in [0.3, 0.4) is 0 Å². The van der Waals surface area contributed by atoms with Crippen LogP contribution >= 0.6 is 0 Å². The average Bonchev–Trinajstić information content (AvgIpc) is 3.20. The van der Waals surface area contributed by atoms with Crippen molar-refractivity contribution in [1.29, 1.82) is 0 Å². The molecule has 0 saturated heterocycles. The fourth-order valence-corrected chi connectivity index (χ4v) is 6.66. The highest BCUT2D eigenvalue weighted by Crippen LogP contribution is 2.39. The number of hydrogen-bond donors (Lipinski definition) is 0. The van der Waals surface area contributed by atoms with Gasteiger partial charge in [0.05, 0.1) is 19.3 Å². The Morgan fingerprint density at radius 2 is 1.57 bits per heavy atom. The summed E-state index contributed by atoms with van der Waals surface area (Å²) in [6.07, 6.45) is 1.79. The van der Waals surface area contributed by atoms with E-state index in [4.69, 9.17) is 9.40 Å². The third kappa shape index (κ3) is 3.55. The molecular weight excluding hydrogens is 444 g/mol. The predicted molar refractivity (Wildman–Crippen MR) is 151 cm³/mol. The average molecular weight is 475 g/mol. The van der Waals surface area contributed by atoms with Crippen molar-refractivity contribution in [2.75, 3.05) is 0 Å². The minimum Gasteiger partial charge on any atom is -0.437 e. The highest BCUT2D eigenvalue weighted by atomic mass is 28.3. The smallest absolute Gasteiger partial charge is 0.227 e. The van der Waals surface area contributed by atoms with Crippen LogP contribution in [0.2, 0.25) is 19.6 Å². The van der Waals surface area contributed by atoms with Gasteiger partial charge in [-0.25, -0.2) is 9.97 Å². The molecule has 3 aromatic carbocycles. The summed E-state index contributed by atoms with van der Waals surface area (Å²) in [5.41, 5.74) is 5.85. The Kier molecular flexibility index (Phi) is 4.71. The maximum Gasteiger partial charge on any atom is 0.227 e. The van der Waals surface area contributed by atoms with Crippen molar-refractivity contribution in [1.82, 2.24) is 9.97 Å². The molecule has 6 aromatic rings. The summed E-state index contributed by atoms with van der Waals surface area (Å²) in [7, 11) is -1.71. The van der Waals surface area contributed by atoms with Gasteiger partial charge in [0.1, 0.15) is 5.58 Å². The van der Waals surface area contributed by atoms with Gasteiger partial charge in [0.2, 0.25) is 5.71 Å². The molecule has 35 heavy (non-hydrogen) atoms. The summed E-state index contributed by atoms with van der Waals surface area (Å²) >= 11 is 0. The summed E-state index contributed by atoms with van der Waals surface area (Å²) < 4.78 is 6.37. The minimum atomic E-state index is -1.71. The highest BCUT2D eigenvalue weighted by Gasteiger charge is 2.25. The lowest BCUT2D eigenvalue weighted by atomic mass is 9.84. The Morgan fingerprint density at radius 1 is 0.800 bits per heavy atom. The Bertz CT molecular complexity index is 1770. The van der Waals surface area contributed by atoms with Crippen molar-refractivity contribution in [2.45, 2.75) is 45.8 Å². The van der Waals surface area contributed by atoms with Crippen molar-refractivity contribution in [3.63, 3.8) is 0 Å². The molecular formula is C31H30N2OSi. The normalized spacial score (nSPS) is 12.9. The summed E-state index contributed by atoms with van der Waals surface area (Å²) in [6.45, 7) is 14.0. The van der Waals surface area contributed by atoms with Gasteiger partial charge in [0.15, 0.2) is 0 Å². The maximum atomic E-state index is 6.37. The molecule has 0 spiro atoms. The van der Waals surface area contributed by atoms with Crippen molar-refractivity contribution < 1.29 is 4.42 Å². The molecule has 4 heteroatoms. The van der Waals surface area contributed by atoms with E-state index >= 15 is 0 Å². The number of aromatic nitrogens is 2. The van der Waals surface area contributed by atoms with Crippen LogP contribution in [0.25, 0.3) is 55.0 Å². The van der Waals surface area contributed by atoms with Gasteiger partial charge in [-0.3, -0.25) is 0 Å². The molecule has 3 nitrogen and oxygen atoms in total. The van der Waals surface area contributed by atoms with Crippen LogP contribution in [0.4, 0.5) is 0 Å². The van der Waals surface area contributed by atoms with Crippen molar-refractivity contribution in [2.24, 2.45) is 0 Å². The quantitative estimate of drug-likeness (QED) is 0.187. The first kappa shape index (κ1) is 22.0. The lowest BCUT2D eigenvalue weighted by Crippen LogP contribution is -2.38. The zero-order valence-electron chi connectivity index (χ0n) is 21.2. The fourth-order valence-electron chi connectivity index (χ4n) is 5.07. The summed E-state index contributed by atoms with van der Waals surface area (Å²) in [6, 6.07) is 24.0. The van der Waals surface area contributed by atoms with E-state index in [1.165, 1.54) is 26.9 Å². The van der Waals surface area contributed by atoms with Gasteiger partial charge >= 0.3 is 0 Å². The van der Waals surface area contributed by atoms with Crippen molar-refractivity contribution in [3.8, 4) is 11.3 Å². The van der Waals surface area contributed by atoms with Crippen LogP contribution in [0, 0.1) is 0 Å². The zero-order valence-corrected chi connectivity index (χ0v) is 22.2. The molecule has 0 N–H and O–H groups in total. The molecule has 174 valence electrons. The highest BCUT2D eigenvalue weighted by molar-refractivity contribution is 6.90. The van der Waals surface area contributed by atoms with E-state index in [-0.39, 0.29) is 5.41 Å². The van der Waals surface area contributed by atoms with Gasteiger partial charge < -0.3 is 4.42 Å². The Balaban J connectivity index is 1.76. The molecule has 0 fully saturated rings. The number of nitrogens with zero attached hydrogens (tertiary/aromatic N) is 2. The van der Waals surface area contributed by atoms with Gasteiger partial charge in [0.25, 0.3) is 0 Å². The minimum absolute atomic E-state index is 0.0105. The lowest BCUT2D eigenvalue weighted by molar-refractivity contribution is 0.590. The van der Waals surface area contributed by atoms with Crippen LogP contribution in [0.5, 0.6) is 0 Å². The lowest BCUT2D eigenvalue weighted by Gasteiger charge is -2.23.